The van der Waals surface area contributed by atoms with Crippen molar-refractivity contribution in [3.05, 3.63) is 84.1 Å². The zero-order valence-corrected chi connectivity index (χ0v) is 14.8. The molecule has 0 spiro atoms. The number of hydrogen-bond donors (Lipinski definition) is 3. The molecule has 134 valence electrons. The topological polar surface area (TPSA) is 85.2 Å². The van der Waals surface area contributed by atoms with E-state index in [-0.39, 0.29) is 17.4 Å². The molecule has 0 saturated carbocycles. The van der Waals surface area contributed by atoms with Gasteiger partial charge < -0.3 is 15.7 Å². The average Bonchev–Trinajstić information content (AvgIpc) is 2.69. The first-order chi connectivity index (χ1) is 13.1. The van der Waals surface area contributed by atoms with Crippen molar-refractivity contribution >= 4 is 22.4 Å². The summed E-state index contributed by atoms with van der Waals surface area (Å²) < 4.78 is 0. The van der Waals surface area contributed by atoms with Crippen molar-refractivity contribution in [2.75, 3.05) is 5.32 Å². The summed E-state index contributed by atoms with van der Waals surface area (Å²) in [4.78, 5) is 12.4. The van der Waals surface area contributed by atoms with E-state index in [1.807, 2.05) is 55.5 Å². The van der Waals surface area contributed by atoms with E-state index in [0.29, 0.717) is 11.1 Å². The Balaban J connectivity index is 1.78. The van der Waals surface area contributed by atoms with E-state index >= 15 is 0 Å². The summed E-state index contributed by atoms with van der Waals surface area (Å²) in [6.07, 6.45) is 1.38. The number of nitrogens with one attached hydrogen (secondary N) is 2. The second-order valence-corrected chi connectivity index (χ2v) is 6.10. The lowest BCUT2D eigenvalue weighted by Crippen LogP contribution is -2.28. The molecule has 0 aromatic heterocycles. The molecule has 1 unspecified atom stereocenters. The summed E-state index contributed by atoms with van der Waals surface area (Å²) in [6, 6.07) is 21.9. The molecule has 3 aromatic rings. The second-order valence-electron chi connectivity index (χ2n) is 6.10. The number of nitriles is 1. The molecule has 1 atom stereocenters. The van der Waals surface area contributed by atoms with E-state index in [2.05, 4.69) is 10.6 Å². The maximum atomic E-state index is 12.4. The van der Waals surface area contributed by atoms with Gasteiger partial charge in [-0.1, -0.05) is 54.6 Å². The lowest BCUT2D eigenvalue weighted by molar-refractivity contribution is -0.117. The molecule has 0 fully saturated rings. The lowest BCUT2D eigenvalue weighted by atomic mass is 10.1. The van der Waals surface area contributed by atoms with E-state index in [1.165, 1.54) is 6.20 Å². The minimum atomic E-state index is -0.454. The van der Waals surface area contributed by atoms with Gasteiger partial charge in [-0.2, -0.15) is 5.26 Å². The van der Waals surface area contributed by atoms with Crippen LogP contribution in [0.4, 0.5) is 5.69 Å². The first kappa shape index (κ1) is 18.0. The molecule has 0 radical (unpaired) electrons. The van der Waals surface area contributed by atoms with Crippen molar-refractivity contribution in [2.24, 2.45) is 0 Å². The van der Waals surface area contributed by atoms with Crippen molar-refractivity contribution in [3.8, 4) is 11.8 Å². The van der Waals surface area contributed by atoms with E-state index in [1.54, 1.807) is 24.3 Å². The van der Waals surface area contributed by atoms with Crippen LogP contribution < -0.4 is 10.6 Å². The first-order valence-corrected chi connectivity index (χ1v) is 8.53. The number of carbonyl (C=O) groups excluding carboxylic acids is 1. The number of benzene rings is 3. The molecule has 0 aliphatic heterocycles. The summed E-state index contributed by atoms with van der Waals surface area (Å²) in [6.45, 7) is 1.86. The van der Waals surface area contributed by atoms with Gasteiger partial charge in [-0.15, -0.1) is 0 Å². The van der Waals surface area contributed by atoms with Crippen LogP contribution in [0.5, 0.6) is 5.75 Å². The molecular formula is C22H19N3O2. The normalized spacial score (nSPS) is 12.2. The van der Waals surface area contributed by atoms with Crippen LogP contribution in [0.2, 0.25) is 0 Å². The van der Waals surface area contributed by atoms with Crippen molar-refractivity contribution in [3.63, 3.8) is 0 Å². The quantitative estimate of drug-likeness (QED) is 0.471. The van der Waals surface area contributed by atoms with Gasteiger partial charge in [0.25, 0.3) is 5.91 Å². The number of aromatic hydroxyl groups is 1. The number of anilines is 1. The van der Waals surface area contributed by atoms with Gasteiger partial charge in [0, 0.05) is 22.7 Å². The Hall–Kier alpha value is -3.78. The van der Waals surface area contributed by atoms with Crippen molar-refractivity contribution in [1.82, 2.24) is 5.32 Å². The molecule has 1 amide bonds. The Labute approximate surface area is 157 Å². The fraction of sp³-hybridized carbons (Fsp3) is 0.0909. The Morgan fingerprint density at radius 1 is 1.04 bits per heavy atom. The predicted molar refractivity (Wildman–Crippen MR) is 106 cm³/mol. The van der Waals surface area contributed by atoms with Gasteiger partial charge in [-0.3, -0.25) is 4.79 Å². The third-order valence-corrected chi connectivity index (χ3v) is 4.28. The van der Waals surface area contributed by atoms with Crippen molar-refractivity contribution in [1.29, 1.82) is 5.26 Å². The van der Waals surface area contributed by atoms with Crippen LogP contribution in [-0.4, -0.2) is 11.0 Å². The molecule has 5 heteroatoms. The number of carbonyl (C=O) groups is 1. The van der Waals surface area contributed by atoms with Gasteiger partial charge >= 0.3 is 0 Å². The molecule has 3 N–H and O–H groups in total. The Kier molecular flexibility index (Phi) is 5.38. The zero-order valence-electron chi connectivity index (χ0n) is 14.8. The number of amides is 1. The molecule has 0 saturated heterocycles. The highest BCUT2D eigenvalue weighted by Crippen LogP contribution is 2.29. The van der Waals surface area contributed by atoms with Gasteiger partial charge in [0.15, 0.2) is 0 Å². The van der Waals surface area contributed by atoms with Crippen LogP contribution in [0, 0.1) is 11.3 Å². The average molecular weight is 357 g/mol. The maximum Gasteiger partial charge on any atom is 0.263 e. The fourth-order valence-electron chi connectivity index (χ4n) is 2.82. The molecule has 3 aromatic carbocycles. The standard InChI is InChI=1S/C22H19N3O2/c1-15(16-7-3-2-4-8-16)25-22(27)17(13-23)14-24-20-11-5-10-19-18(20)9-6-12-21(19)26/h2-12,14-15,24,26H,1H3,(H,25,27)/b17-14-. The number of phenols is 1. The van der Waals surface area contributed by atoms with Crippen LogP contribution in [0.3, 0.4) is 0 Å². The molecule has 0 aliphatic rings. The maximum absolute atomic E-state index is 12.4. The van der Waals surface area contributed by atoms with Crippen LogP contribution in [0.1, 0.15) is 18.5 Å². The summed E-state index contributed by atoms with van der Waals surface area (Å²) >= 11 is 0. The molecule has 5 nitrogen and oxygen atoms in total. The number of fused-ring (bicyclic) bond motifs is 1. The fourth-order valence-corrected chi connectivity index (χ4v) is 2.82. The summed E-state index contributed by atoms with van der Waals surface area (Å²) in [7, 11) is 0. The van der Waals surface area contributed by atoms with Crippen LogP contribution in [-0.2, 0) is 4.79 Å². The van der Waals surface area contributed by atoms with Crippen LogP contribution >= 0.6 is 0 Å². The summed E-state index contributed by atoms with van der Waals surface area (Å²) in [5, 5.41) is 26.6. The van der Waals surface area contributed by atoms with Gasteiger partial charge in [-0.05, 0) is 24.6 Å². The van der Waals surface area contributed by atoms with Crippen LogP contribution in [0.25, 0.3) is 10.8 Å². The monoisotopic (exact) mass is 357 g/mol. The van der Waals surface area contributed by atoms with Gasteiger partial charge in [0.05, 0.1) is 6.04 Å². The summed E-state index contributed by atoms with van der Waals surface area (Å²) in [5.74, 6) is -0.278. The first-order valence-electron chi connectivity index (χ1n) is 8.53. The lowest BCUT2D eigenvalue weighted by Gasteiger charge is -2.14. The summed E-state index contributed by atoms with van der Waals surface area (Å²) in [5.41, 5.74) is 1.62. The van der Waals surface area contributed by atoms with Gasteiger partial charge in [0.2, 0.25) is 0 Å². The van der Waals surface area contributed by atoms with Crippen molar-refractivity contribution < 1.29 is 9.90 Å². The van der Waals surface area contributed by atoms with E-state index in [0.717, 1.165) is 10.9 Å². The molecule has 0 aliphatic carbocycles. The smallest absolute Gasteiger partial charge is 0.263 e. The van der Waals surface area contributed by atoms with Gasteiger partial charge in [0.1, 0.15) is 17.4 Å². The second kappa shape index (κ2) is 8.07. The zero-order chi connectivity index (χ0) is 19.2. The highest BCUT2D eigenvalue weighted by atomic mass is 16.3. The molecule has 3 rings (SSSR count). The highest BCUT2D eigenvalue weighted by Gasteiger charge is 2.13. The third kappa shape index (κ3) is 4.07. The van der Waals surface area contributed by atoms with E-state index in [4.69, 9.17) is 0 Å². The van der Waals surface area contributed by atoms with Gasteiger partial charge in [-0.25, -0.2) is 0 Å². The Bertz CT molecular complexity index is 1040. The molecule has 0 bridgehead atoms. The number of phenolic OH excluding ortho intramolecular Hbond substituents is 1. The Morgan fingerprint density at radius 2 is 1.74 bits per heavy atom. The van der Waals surface area contributed by atoms with Crippen molar-refractivity contribution in [2.45, 2.75) is 13.0 Å². The minimum absolute atomic E-state index is 0.0325. The minimum Gasteiger partial charge on any atom is -0.507 e. The molecule has 27 heavy (non-hydrogen) atoms. The van der Waals surface area contributed by atoms with E-state index in [9.17, 15) is 15.2 Å². The highest BCUT2D eigenvalue weighted by molar-refractivity contribution is 6.00. The van der Waals surface area contributed by atoms with Crippen LogP contribution in [0.15, 0.2) is 78.5 Å². The van der Waals surface area contributed by atoms with E-state index < -0.39 is 5.91 Å². The largest absolute Gasteiger partial charge is 0.507 e. The predicted octanol–water partition coefficient (Wildman–Crippen LogP) is 4.24. The molecular weight excluding hydrogens is 338 g/mol. The number of rotatable bonds is 5. The molecule has 0 heterocycles. The number of hydrogen-bond acceptors (Lipinski definition) is 4. The SMILES string of the molecule is CC(NC(=O)/C(C#N)=C\Nc1cccc2c(O)cccc12)c1ccccc1. The Morgan fingerprint density at radius 3 is 2.48 bits per heavy atom. The number of nitrogens with zero attached hydrogens (tertiary/aromatic N) is 1. The third-order valence-electron chi connectivity index (χ3n) is 4.28.